The van der Waals surface area contributed by atoms with Gasteiger partial charge in [0, 0.05) is 0 Å². The standard InChI is InChI=1S/C22H21N3O3/c1-15-9-10-16(2)21(11-15)27-14-22(26)28-13-20-19(12-23)17(3)24-25(20)18-7-5-4-6-8-18/h4-11H,13-14H2,1-3H3. The maximum Gasteiger partial charge on any atom is 0.344 e. The summed E-state index contributed by atoms with van der Waals surface area (Å²) in [5, 5.41) is 13.9. The Bertz CT molecular complexity index is 1030. The molecule has 0 spiro atoms. The first-order valence-corrected chi connectivity index (χ1v) is 8.89. The van der Waals surface area contributed by atoms with Crippen molar-refractivity contribution in [1.29, 1.82) is 5.26 Å². The van der Waals surface area contributed by atoms with Gasteiger partial charge in [0.25, 0.3) is 0 Å². The van der Waals surface area contributed by atoms with Crippen molar-refractivity contribution in [2.24, 2.45) is 0 Å². The van der Waals surface area contributed by atoms with Crippen LogP contribution in [0, 0.1) is 32.1 Å². The van der Waals surface area contributed by atoms with Crippen LogP contribution in [0.1, 0.15) is 28.1 Å². The van der Waals surface area contributed by atoms with Gasteiger partial charge in [0.05, 0.1) is 17.1 Å². The molecule has 0 aliphatic rings. The summed E-state index contributed by atoms with van der Waals surface area (Å²) in [4.78, 5) is 12.2. The second-order valence-corrected chi connectivity index (χ2v) is 6.48. The van der Waals surface area contributed by atoms with E-state index < -0.39 is 5.97 Å². The van der Waals surface area contributed by atoms with Gasteiger partial charge in [0.15, 0.2) is 6.61 Å². The Hall–Kier alpha value is -3.59. The Kier molecular flexibility index (Phi) is 5.75. The van der Waals surface area contributed by atoms with Crippen molar-refractivity contribution >= 4 is 5.97 Å². The third-order valence-corrected chi connectivity index (χ3v) is 4.33. The van der Waals surface area contributed by atoms with Crippen LogP contribution in [0.4, 0.5) is 0 Å². The van der Waals surface area contributed by atoms with Crippen molar-refractivity contribution in [3.05, 3.63) is 76.6 Å². The number of carbonyl (C=O) groups is 1. The van der Waals surface area contributed by atoms with Crippen LogP contribution < -0.4 is 4.74 Å². The first-order chi connectivity index (χ1) is 13.5. The van der Waals surface area contributed by atoms with Crippen molar-refractivity contribution in [2.45, 2.75) is 27.4 Å². The highest BCUT2D eigenvalue weighted by Gasteiger charge is 2.18. The number of nitrogens with zero attached hydrogens (tertiary/aromatic N) is 3. The molecule has 0 amide bonds. The van der Waals surface area contributed by atoms with E-state index in [1.807, 2.05) is 62.4 Å². The average Bonchev–Trinajstić information content (AvgIpc) is 3.03. The molecule has 6 heteroatoms. The van der Waals surface area contributed by atoms with Crippen LogP contribution in [0.2, 0.25) is 0 Å². The number of aryl methyl sites for hydroxylation is 3. The molecular formula is C22H21N3O3. The predicted octanol–water partition coefficient (Wildman–Crippen LogP) is 3.79. The average molecular weight is 375 g/mol. The Morgan fingerprint density at radius 3 is 2.61 bits per heavy atom. The number of nitriles is 1. The summed E-state index contributed by atoms with van der Waals surface area (Å²) in [6, 6.07) is 17.4. The molecule has 28 heavy (non-hydrogen) atoms. The van der Waals surface area contributed by atoms with Crippen LogP contribution in [0.3, 0.4) is 0 Å². The van der Waals surface area contributed by atoms with Crippen LogP contribution in [-0.4, -0.2) is 22.4 Å². The fourth-order valence-electron chi connectivity index (χ4n) is 2.83. The van der Waals surface area contributed by atoms with E-state index in [0.717, 1.165) is 16.8 Å². The summed E-state index contributed by atoms with van der Waals surface area (Å²) in [6.07, 6.45) is 0. The smallest absolute Gasteiger partial charge is 0.344 e. The van der Waals surface area contributed by atoms with Crippen molar-refractivity contribution in [3.8, 4) is 17.5 Å². The number of esters is 1. The first kappa shape index (κ1) is 19.2. The fourth-order valence-corrected chi connectivity index (χ4v) is 2.83. The number of para-hydroxylation sites is 1. The fraction of sp³-hybridized carbons (Fsp3) is 0.227. The number of carbonyl (C=O) groups excluding carboxylic acids is 1. The van der Waals surface area contributed by atoms with Gasteiger partial charge in [-0.05, 0) is 50.1 Å². The lowest BCUT2D eigenvalue weighted by Gasteiger charge is -2.11. The molecule has 142 valence electrons. The zero-order valence-electron chi connectivity index (χ0n) is 16.1. The number of rotatable bonds is 6. The van der Waals surface area contributed by atoms with E-state index in [1.165, 1.54) is 0 Å². The van der Waals surface area contributed by atoms with Crippen LogP contribution in [0.15, 0.2) is 48.5 Å². The summed E-state index contributed by atoms with van der Waals surface area (Å²) in [5.41, 5.74) is 4.32. The first-order valence-electron chi connectivity index (χ1n) is 8.89. The molecule has 0 bridgehead atoms. The Morgan fingerprint density at radius 1 is 1.14 bits per heavy atom. The van der Waals surface area contributed by atoms with Crippen LogP contribution in [0.25, 0.3) is 5.69 Å². The molecule has 2 aromatic carbocycles. The molecule has 0 aliphatic carbocycles. The highest BCUT2D eigenvalue weighted by molar-refractivity contribution is 5.71. The minimum Gasteiger partial charge on any atom is -0.482 e. The maximum absolute atomic E-state index is 12.2. The second kappa shape index (κ2) is 8.40. The molecule has 6 nitrogen and oxygen atoms in total. The zero-order valence-corrected chi connectivity index (χ0v) is 16.1. The number of hydrogen-bond donors (Lipinski definition) is 0. The monoisotopic (exact) mass is 375 g/mol. The van der Waals surface area contributed by atoms with Gasteiger partial charge in [0.2, 0.25) is 0 Å². The highest BCUT2D eigenvalue weighted by atomic mass is 16.6. The third-order valence-electron chi connectivity index (χ3n) is 4.33. The minimum atomic E-state index is -0.511. The summed E-state index contributed by atoms with van der Waals surface area (Å²) >= 11 is 0. The Labute approximate surface area is 163 Å². The molecule has 0 atom stereocenters. The van der Waals surface area contributed by atoms with Crippen LogP contribution in [-0.2, 0) is 16.1 Å². The Morgan fingerprint density at radius 2 is 1.89 bits per heavy atom. The lowest BCUT2D eigenvalue weighted by Crippen LogP contribution is -2.16. The molecule has 0 unspecified atom stereocenters. The number of benzene rings is 2. The molecular weight excluding hydrogens is 354 g/mol. The molecule has 3 rings (SSSR count). The van der Waals surface area contributed by atoms with Crippen molar-refractivity contribution in [3.63, 3.8) is 0 Å². The topological polar surface area (TPSA) is 77.1 Å². The quantitative estimate of drug-likeness (QED) is 0.613. The summed E-state index contributed by atoms with van der Waals surface area (Å²) in [6.45, 7) is 5.37. The minimum absolute atomic E-state index is 0.0619. The van der Waals surface area contributed by atoms with Gasteiger partial charge in [-0.3, -0.25) is 0 Å². The molecule has 1 aromatic heterocycles. The van der Waals surface area contributed by atoms with E-state index in [9.17, 15) is 10.1 Å². The number of ether oxygens (including phenoxy) is 2. The molecule has 0 radical (unpaired) electrons. The van der Waals surface area contributed by atoms with E-state index >= 15 is 0 Å². The summed E-state index contributed by atoms with van der Waals surface area (Å²) < 4.78 is 12.6. The van der Waals surface area contributed by atoms with E-state index in [-0.39, 0.29) is 13.2 Å². The van der Waals surface area contributed by atoms with Gasteiger partial charge >= 0.3 is 5.97 Å². The normalized spacial score (nSPS) is 10.4. The Balaban J connectivity index is 1.71. The number of aromatic nitrogens is 2. The molecule has 0 N–H and O–H groups in total. The molecule has 0 aliphatic heterocycles. The van der Waals surface area contributed by atoms with Gasteiger partial charge in [-0.15, -0.1) is 0 Å². The largest absolute Gasteiger partial charge is 0.482 e. The molecule has 0 saturated heterocycles. The van der Waals surface area contributed by atoms with Gasteiger partial charge in [-0.2, -0.15) is 10.4 Å². The molecule has 0 saturated carbocycles. The van der Waals surface area contributed by atoms with Crippen molar-refractivity contribution in [1.82, 2.24) is 9.78 Å². The maximum atomic E-state index is 12.2. The third kappa shape index (κ3) is 4.21. The lowest BCUT2D eigenvalue weighted by atomic mass is 10.1. The van der Waals surface area contributed by atoms with Gasteiger partial charge in [0.1, 0.15) is 24.0 Å². The number of hydrogen-bond acceptors (Lipinski definition) is 5. The predicted molar refractivity (Wildman–Crippen MR) is 104 cm³/mol. The SMILES string of the molecule is Cc1ccc(C)c(OCC(=O)OCc2c(C#N)c(C)nn2-c2ccccc2)c1. The van der Waals surface area contributed by atoms with E-state index in [1.54, 1.807) is 11.6 Å². The molecule has 0 fully saturated rings. The summed E-state index contributed by atoms with van der Waals surface area (Å²) in [7, 11) is 0. The van der Waals surface area contributed by atoms with Gasteiger partial charge in [-0.1, -0.05) is 30.3 Å². The lowest BCUT2D eigenvalue weighted by molar-refractivity contribution is -0.147. The van der Waals surface area contributed by atoms with Crippen molar-refractivity contribution in [2.75, 3.05) is 6.61 Å². The van der Waals surface area contributed by atoms with Gasteiger partial charge in [-0.25, -0.2) is 9.48 Å². The molecule has 3 aromatic rings. The van der Waals surface area contributed by atoms with E-state index in [4.69, 9.17) is 9.47 Å². The van der Waals surface area contributed by atoms with E-state index in [0.29, 0.717) is 22.7 Å². The van der Waals surface area contributed by atoms with Crippen LogP contribution >= 0.6 is 0 Å². The zero-order chi connectivity index (χ0) is 20.1. The summed E-state index contributed by atoms with van der Waals surface area (Å²) in [5.74, 6) is 0.142. The molecule has 1 heterocycles. The van der Waals surface area contributed by atoms with Crippen LogP contribution in [0.5, 0.6) is 5.75 Å². The van der Waals surface area contributed by atoms with E-state index in [2.05, 4.69) is 11.2 Å². The van der Waals surface area contributed by atoms with Crippen molar-refractivity contribution < 1.29 is 14.3 Å². The van der Waals surface area contributed by atoms with Gasteiger partial charge < -0.3 is 9.47 Å². The second-order valence-electron chi connectivity index (χ2n) is 6.48. The highest BCUT2D eigenvalue weighted by Crippen LogP contribution is 2.20.